The van der Waals surface area contributed by atoms with Gasteiger partial charge in [0.1, 0.15) is 0 Å². The third kappa shape index (κ3) is 6.51. The van der Waals surface area contributed by atoms with Crippen LogP contribution < -0.4 is 10.0 Å². The van der Waals surface area contributed by atoms with E-state index in [1.54, 1.807) is 30.3 Å². The lowest BCUT2D eigenvalue weighted by Crippen LogP contribution is -2.35. The van der Waals surface area contributed by atoms with Gasteiger partial charge in [0.05, 0.1) is 6.26 Å². The molecule has 1 aliphatic heterocycles. The van der Waals surface area contributed by atoms with Crippen molar-refractivity contribution in [3.05, 3.63) is 71.8 Å². The quantitative estimate of drug-likeness (QED) is 0.701. The van der Waals surface area contributed by atoms with Gasteiger partial charge in [-0.2, -0.15) is 0 Å². The number of sulfonamides is 1. The molecule has 1 unspecified atom stereocenters. The number of nitrogens with one attached hydrogen (secondary N) is 2. The summed E-state index contributed by atoms with van der Waals surface area (Å²) in [6.07, 6.45) is 5.28. The van der Waals surface area contributed by atoms with Gasteiger partial charge in [-0.1, -0.05) is 42.5 Å². The molecule has 1 aliphatic rings. The smallest absolute Gasteiger partial charge is 0.244 e. The molecule has 0 aromatic heterocycles. The summed E-state index contributed by atoms with van der Waals surface area (Å²) >= 11 is 0. The van der Waals surface area contributed by atoms with Crippen molar-refractivity contribution in [2.75, 3.05) is 24.1 Å². The number of likely N-dealkylation sites (tertiary alicyclic amines) is 1. The standard InChI is InChI=1S/C21H25N3O3S/c1-28(26,27)23-19-10-7-17(8-11-19)9-12-21(25)22-20-13-14-24(16-20)15-18-5-3-2-4-6-18/h2-12,20,23H,13-16H2,1H3,(H,22,25)/b12-9+. The molecule has 6 nitrogen and oxygen atoms in total. The van der Waals surface area contributed by atoms with E-state index in [1.807, 2.05) is 18.2 Å². The molecule has 2 N–H and O–H groups in total. The van der Waals surface area contributed by atoms with E-state index in [4.69, 9.17) is 0 Å². The van der Waals surface area contributed by atoms with Crippen molar-refractivity contribution in [2.24, 2.45) is 0 Å². The second-order valence-electron chi connectivity index (χ2n) is 7.04. The summed E-state index contributed by atoms with van der Waals surface area (Å²) in [6.45, 7) is 2.72. The summed E-state index contributed by atoms with van der Waals surface area (Å²) in [6, 6.07) is 17.3. The average molecular weight is 400 g/mol. The maximum Gasteiger partial charge on any atom is 0.244 e. The third-order valence-corrected chi connectivity index (χ3v) is 5.12. The Bertz CT molecular complexity index is 925. The predicted octanol–water partition coefficient (Wildman–Crippen LogP) is 2.46. The van der Waals surface area contributed by atoms with Crippen molar-refractivity contribution in [1.82, 2.24) is 10.2 Å². The zero-order valence-corrected chi connectivity index (χ0v) is 16.7. The van der Waals surface area contributed by atoms with Crippen molar-refractivity contribution in [3.63, 3.8) is 0 Å². The van der Waals surface area contributed by atoms with Crippen molar-refractivity contribution in [1.29, 1.82) is 0 Å². The SMILES string of the molecule is CS(=O)(=O)Nc1ccc(/C=C/C(=O)NC2CCN(Cc3ccccc3)C2)cc1. The summed E-state index contributed by atoms with van der Waals surface area (Å²) in [5, 5.41) is 3.05. The first kappa shape index (κ1) is 20.1. The summed E-state index contributed by atoms with van der Waals surface area (Å²) in [5.74, 6) is -0.120. The fourth-order valence-corrected chi connectivity index (χ4v) is 3.80. The fourth-order valence-electron chi connectivity index (χ4n) is 3.23. The number of nitrogens with zero attached hydrogens (tertiary/aromatic N) is 1. The number of anilines is 1. The van der Waals surface area contributed by atoms with E-state index in [1.165, 1.54) is 11.6 Å². The lowest BCUT2D eigenvalue weighted by Gasteiger charge is -2.16. The maximum absolute atomic E-state index is 12.2. The zero-order chi connectivity index (χ0) is 20.0. The lowest BCUT2D eigenvalue weighted by molar-refractivity contribution is -0.117. The maximum atomic E-state index is 12.2. The molecule has 1 heterocycles. The molecule has 1 saturated heterocycles. The van der Waals surface area contributed by atoms with E-state index in [9.17, 15) is 13.2 Å². The Morgan fingerprint density at radius 2 is 1.86 bits per heavy atom. The van der Waals surface area contributed by atoms with E-state index in [-0.39, 0.29) is 11.9 Å². The number of rotatable bonds is 7. The molecule has 3 rings (SSSR count). The first-order chi connectivity index (χ1) is 13.4. The van der Waals surface area contributed by atoms with Gasteiger partial charge in [-0.15, -0.1) is 0 Å². The van der Waals surface area contributed by atoms with E-state index in [0.29, 0.717) is 5.69 Å². The van der Waals surface area contributed by atoms with E-state index >= 15 is 0 Å². The number of hydrogen-bond donors (Lipinski definition) is 2. The number of hydrogen-bond acceptors (Lipinski definition) is 4. The monoisotopic (exact) mass is 399 g/mol. The van der Waals surface area contributed by atoms with Crippen LogP contribution >= 0.6 is 0 Å². The molecule has 7 heteroatoms. The molecule has 1 amide bonds. The van der Waals surface area contributed by atoms with Gasteiger partial charge < -0.3 is 5.32 Å². The highest BCUT2D eigenvalue weighted by atomic mass is 32.2. The van der Waals surface area contributed by atoms with Gasteiger partial charge in [-0.25, -0.2) is 8.42 Å². The minimum Gasteiger partial charge on any atom is -0.348 e. The Hall–Kier alpha value is -2.64. The summed E-state index contributed by atoms with van der Waals surface area (Å²) in [7, 11) is -3.29. The number of carbonyl (C=O) groups excluding carboxylic acids is 1. The molecule has 148 valence electrons. The fraction of sp³-hybridized carbons (Fsp3) is 0.286. The van der Waals surface area contributed by atoms with Crippen LogP contribution in [0.25, 0.3) is 6.08 Å². The number of carbonyl (C=O) groups is 1. The van der Waals surface area contributed by atoms with Crippen LogP contribution in [0, 0.1) is 0 Å². The van der Waals surface area contributed by atoms with E-state index in [2.05, 4.69) is 27.1 Å². The number of benzene rings is 2. The van der Waals surface area contributed by atoms with Crippen LogP contribution in [0.15, 0.2) is 60.7 Å². The molecule has 1 fully saturated rings. The Kier molecular flexibility index (Phi) is 6.49. The first-order valence-electron chi connectivity index (χ1n) is 9.20. The van der Waals surface area contributed by atoms with Crippen LogP contribution in [0.2, 0.25) is 0 Å². The summed E-state index contributed by atoms with van der Waals surface area (Å²) < 4.78 is 24.8. The van der Waals surface area contributed by atoms with Crippen molar-refractivity contribution < 1.29 is 13.2 Å². The molecule has 2 aromatic carbocycles. The van der Waals surface area contributed by atoms with Crippen LogP contribution in [0.1, 0.15) is 17.5 Å². The summed E-state index contributed by atoms with van der Waals surface area (Å²) in [5.41, 5.74) is 2.60. The predicted molar refractivity (Wildman–Crippen MR) is 112 cm³/mol. The Morgan fingerprint density at radius 3 is 2.54 bits per heavy atom. The van der Waals surface area contributed by atoms with Crippen LogP contribution in [-0.4, -0.2) is 44.6 Å². The average Bonchev–Trinajstić information content (AvgIpc) is 3.07. The van der Waals surface area contributed by atoms with Crippen LogP contribution in [0.5, 0.6) is 0 Å². The van der Waals surface area contributed by atoms with Gasteiger partial charge in [-0.3, -0.25) is 14.4 Å². The van der Waals surface area contributed by atoms with Crippen molar-refractivity contribution in [2.45, 2.75) is 19.0 Å². The molecule has 0 spiro atoms. The molecular weight excluding hydrogens is 374 g/mol. The first-order valence-corrected chi connectivity index (χ1v) is 11.1. The molecule has 0 aliphatic carbocycles. The number of amides is 1. The van der Waals surface area contributed by atoms with Gasteiger partial charge in [-0.05, 0) is 35.8 Å². The zero-order valence-electron chi connectivity index (χ0n) is 15.8. The molecular formula is C21H25N3O3S. The highest BCUT2D eigenvalue weighted by molar-refractivity contribution is 7.92. The van der Waals surface area contributed by atoms with Crippen LogP contribution in [0.4, 0.5) is 5.69 Å². The van der Waals surface area contributed by atoms with Gasteiger partial charge in [0.25, 0.3) is 0 Å². The molecule has 0 saturated carbocycles. The molecule has 2 aromatic rings. The molecule has 0 bridgehead atoms. The largest absolute Gasteiger partial charge is 0.348 e. The second kappa shape index (κ2) is 9.03. The van der Waals surface area contributed by atoms with Gasteiger partial charge in [0.2, 0.25) is 15.9 Å². The highest BCUT2D eigenvalue weighted by Crippen LogP contribution is 2.14. The summed E-state index contributed by atoms with van der Waals surface area (Å²) in [4.78, 5) is 14.5. The molecule has 28 heavy (non-hydrogen) atoms. The Labute approximate surface area is 166 Å². The van der Waals surface area contributed by atoms with E-state index in [0.717, 1.165) is 37.9 Å². The van der Waals surface area contributed by atoms with Crippen LogP contribution in [0.3, 0.4) is 0 Å². The van der Waals surface area contributed by atoms with Gasteiger partial charge in [0.15, 0.2) is 0 Å². The Morgan fingerprint density at radius 1 is 1.14 bits per heavy atom. The highest BCUT2D eigenvalue weighted by Gasteiger charge is 2.23. The van der Waals surface area contributed by atoms with E-state index < -0.39 is 10.0 Å². The van der Waals surface area contributed by atoms with Crippen molar-refractivity contribution in [3.8, 4) is 0 Å². The van der Waals surface area contributed by atoms with Crippen LogP contribution in [-0.2, 0) is 21.4 Å². The van der Waals surface area contributed by atoms with Gasteiger partial charge in [0, 0.05) is 37.4 Å². The normalized spacial score (nSPS) is 17.7. The minimum absolute atomic E-state index is 0.120. The lowest BCUT2D eigenvalue weighted by atomic mass is 10.2. The third-order valence-electron chi connectivity index (χ3n) is 4.51. The Balaban J connectivity index is 1.46. The molecule has 1 atom stereocenters. The molecule has 0 radical (unpaired) electrons. The van der Waals surface area contributed by atoms with Crippen molar-refractivity contribution >= 4 is 27.7 Å². The second-order valence-corrected chi connectivity index (χ2v) is 8.79. The minimum atomic E-state index is -3.29. The topological polar surface area (TPSA) is 78.5 Å². The van der Waals surface area contributed by atoms with Gasteiger partial charge >= 0.3 is 0 Å².